The predicted octanol–water partition coefficient (Wildman–Crippen LogP) is 3.75. The maximum absolute atomic E-state index is 9.72. The first-order chi connectivity index (χ1) is 7.04. The van der Waals surface area contributed by atoms with E-state index in [2.05, 4.69) is 29.8 Å². The van der Waals surface area contributed by atoms with Gasteiger partial charge in [0.15, 0.2) is 11.5 Å². The van der Waals surface area contributed by atoms with Crippen LogP contribution in [0.25, 0.3) is 0 Å². The second-order valence-corrected chi connectivity index (χ2v) is 4.81. The van der Waals surface area contributed by atoms with Gasteiger partial charge < -0.3 is 9.84 Å². The molecule has 0 aliphatic heterocycles. The molecule has 3 heteroatoms. The highest BCUT2D eigenvalue weighted by molar-refractivity contribution is 9.10. The molecule has 0 saturated carbocycles. The van der Waals surface area contributed by atoms with Gasteiger partial charge >= 0.3 is 0 Å². The number of hydrogen-bond donors (Lipinski definition) is 1. The van der Waals surface area contributed by atoms with E-state index < -0.39 is 0 Å². The van der Waals surface area contributed by atoms with Crippen molar-refractivity contribution in [2.45, 2.75) is 27.2 Å². The van der Waals surface area contributed by atoms with Crippen molar-refractivity contribution in [2.75, 3.05) is 6.61 Å². The van der Waals surface area contributed by atoms with E-state index in [9.17, 15) is 5.11 Å². The number of rotatable bonds is 4. The van der Waals surface area contributed by atoms with E-state index in [0.29, 0.717) is 22.7 Å². The maximum atomic E-state index is 9.72. The minimum atomic E-state index is 0.185. The highest BCUT2D eigenvalue weighted by Gasteiger charge is 2.09. The number of halogens is 1. The van der Waals surface area contributed by atoms with Crippen molar-refractivity contribution >= 4 is 15.9 Å². The lowest BCUT2D eigenvalue weighted by Gasteiger charge is -2.11. The van der Waals surface area contributed by atoms with E-state index in [1.165, 1.54) is 5.56 Å². The number of aromatic hydroxyl groups is 1. The molecule has 1 aromatic rings. The van der Waals surface area contributed by atoms with E-state index in [1.807, 2.05) is 19.1 Å². The monoisotopic (exact) mass is 272 g/mol. The summed E-state index contributed by atoms with van der Waals surface area (Å²) in [4.78, 5) is 0. The number of phenols is 1. The van der Waals surface area contributed by atoms with Crippen LogP contribution in [0.15, 0.2) is 16.6 Å². The van der Waals surface area contributed by atoms with Crippen molar-refractivity contribution < 1.29 is 9.84 Å². The Bertz CT molecular complexity index is 335. The average molecular weight is 273 g/mol. The molecule has 0 saturated heterocycles. The fourth-order valence-corrected chi connectivity index (χ4v) is 1.97. The van der Waals surface area contributed by atoms with E-state index in [4.69, 9.17) is 4.74 Å². The largest absolute Gasteiger partial charge is 0.503 e. The zero-order chi connectivity index (χ0) is 11.4. The van der Waals surface area contributed by atoms with Crippen molar-refractivity contribution in [3.8, 4) is 11.5 Å². The first-order valence-electron chi connectivity index (χ1n) is 5.18. The minimum absolute atomic E-state index is 0.185. The molecule has 1 rings (SSSR count). The van der Waals surface area contributed by atoms with Gasteiger partial charge in [-0.15, -0.1) is 0 Å². The summed E-state index contributed by atoms with van der Waals surface area (Å²) in [6.45, 7) is 6.80. The van der Waals surface area contributed by atoms with Crippen molar-refractivity contribution in [2.24, 2.45) is 5.92 Å². The quantitative estimate of drug-likeness (QED) is 0.905. The fraction of sp³-hybridized carbons (Fsp3) is 0.500. The second-order valence-electron chi connectivity index (χ2n) is 3.96. The Labute approximate surface area is 99.4 Å². The molecule has 0 bridgehead atoms. The van der Waals surface area contributed by atoms with E-state index in [0.717, 1.165) is 6.42 Å². The van der Waals surface area contributed by atoms with Gasteiger partial charge in [-0.25, -0.2) is 0 Å². The molecule has 2 nitrogen and oxygen atoms in total. The van der Waals surface area contributed by atoms with E-state index in [1.54, 1.807) is 0 Å². The molecule has 0 radical (unpaired) electrons. The summed E-state index contributed by atoms with van der Waals surface area (Å²) in [6, 6.07) is 3.85. The summed E-state index contributed by atoms with van der Waals surface area (Å²) in [5, 5.41) is 9.72. The number of benzene rings is 1. The van der Waals surface area contributed by atoms with Crippen LogP contribution in [0.2, 0.25) is 0 Å². The molecule has 0 aliphatic carbocycles. The zero-order valence-electron chi connectivity index (χ0n) is 9.38. The Balaban J connectivity index is 3.00. The Morgan fingerprint density at radius 3 is 2.60 bits per heavy atom. The summed E-state index contributed by atoms with van der Waals surface area (Å²) in [5.74, 6) is 1.34. The highest BCUT2D eigenvalue weighted by Crippen LogP contribution is 2.36. The normalized spacial score (nSPS) is 10.7. The molecular formula is C12H17BrO2. The molecular weight excluding hydrogens is 256 g/mol. The maximum Gasteiger partial charge on any atom is 0.172 e. The Kier molecular flexibility index (Phi) is 4.45. The summed E-state index contributed by atoms with van der Waals surface area (Å²) < 4.78 is 6.06. The number of ether oxygens (including phenoxy) is 1. The van der Waals surface area contributed by atoms with Crippen LogP contribution in [0.1, 0.15) is 26.3 Å². The van der Waals surface area contributed by atoms with Gasteiger partial charge in [-0.1, -0.05) is 13.8 Å². The van der Waals surface area contributed by atoms with Gasteiger partial charge in [-0.2, -0.15) is 0 Å². The zero-order valence-corrected chi connectivity index (χ0v) is 11.0. The van der Waals surface area contributed by atoms with E-state index in [-0.39, 0.29) is 5.75 Å². The lowest BCUT2D eigenvalue weighted by molar-refractivity contribution is 0.316. The van der Waals surface area contributed by atoms with Crippen molar-refractivity contribution in [1.82, 2.24) is 0 Å². The summed E-state index contributed by atoms with van der Waals surface area (Å²) in [7, 11) is 0. The smallest absolute Gasteiger partial charge is 0.172 e. The predicted molar refractivity (Wildman–Crippen MR) is 65.5 cm³/mol. The highest BCUT2D eigenvalue weighted by atomic mass is 79.9. The van der Waals surface area contributed by atoms with Gasteiger partial charge in [0.2, 0.25) is 0 Å². The van der Waals surface area contributed by atoms with Gasteiger partial charge in [0.05, 0.1) is 11.1 Å². The van der Waals surface area contributed by atoms with Crippen molar-refractivity contribution in [3.63, 3.8) is 0 Å². The lowest BCUT2D eigenvalue weighted by atomic mass is 10.0. The fourth-order valence-electron chi connectivity index (χ4n) is 1.48. The molecule has 84 valence electrons. The molecule has 0 atom stereocenters. The van der Waals surface area contributed by atoms with Crippen LogP contribution in [0.4, 0.5) is 0 Å². The molecule has 1 N–H and O–H groups in total. The summed E-state index contributed by atoms with van der Waals surface area (Å²) >= 11 is 3.33. The third-order valence-electron chi connectivity index (χ3n) is 2.03. The number of phenolic OH excluding ortho intramolecular Hbond substituents is 1. The molecule has 0 fully saturated rings. The molecule has 0 heterocycles. The summed E-state index contributed by atoms with van der Waals surface area (Å²) in [6.07, 6.45) is 0.985. The topological polar surface area (TPSA) is 29.5 Å². The third kappa shape index (κ3) is 3.42. The van der Waals surface area contributed by atoms with Crippen LogP contribution in [0.3, 0.4) is 0 Å². The molecule has 0 aliphatic rings. The number of hydrogen-bond acceptors (Lipinski definition) is 2. The van der Waals surface area contributed by atoms with Crippen LogP contribution in [0.5, 0.6) is 11.5 Å². The van der Waals surface area contributed by atoms with Gasteiger partial charge in [0, 0.05) is 0 Å². The third-order valence-corrected chi connectivity index (χ3v) is 2.64. The van der Waals surface area contributed by atoms with Crippen LogP contribution in [-0.2, 0) is 6.42 Å². The Hall–Kier alpha value is -0.700. The molecule has 15 heavy (non-hydrogen) atoms. The van der Waals surface area contributed by atoms with Gasteiger partial charge in [-0.3, -0.25) is 0 Å². The Morgan fingerprint density at radius 2 is 2.07 bits per heavy atom. The van der Waals surface area contributed by atoms with Crippen LogP contribution in [-0.4, -0.2) is 11.7 Å². The van der Waals surface area contributed by atoms with Crippen molar-refractivity contribution in [1.29, 1.82) is 0 Å². The van der Waals surface area contributed by atoms with Gasteiger partial charge in [0.25, 0.3) is 0 Å². The molecule has 1 aromatic carbocycles. The summed E-state index contributed by atoms with van der Waals surface area (Å²) in [5.41, 5.74) is 1.18. The molecule has 0 amide bonds. The van der Waals surface area contributed by atoms with Crippen LogP contribution >= 0.6 is 15.9 Å². The van der Waals surface area contributed by atoms with E-state index >= 15 is 0 Å². The standard InChI is InChI=1S/C12H17BrO2/c1-4-15-11-7-9(5-8(2)3)6-10(13)12(11)14/h6-8,14H,4-5H2,1-3H3. The Morgan fingerprint density at radius 1 is 1.40 bits per heavy atom. The lowest BCUT2D eigenvalue weighted by Crippen LogP contribution is -1.97. The first kappa shape index (κ1) is 12.4. The first-order valence-corrected chi connectivity index (χ1v) is 5.98. The average Bonchev–Trinajstić information content (AvgIpc) is 2.12. The minimum Gasteiger partial charge on any atom is -0.503 e. The van der Waals surface area contributed by atoms with Crippen molar-refractivity contribution in [3.05, 3.63) is 22.2 Å². The second kappa shape index (κ2) is 5.40. The molecule has 0 spiro atoms. The molecule has 0 unspecified atom stereocenters. The van der Waals surface area contributed by atoms with Crippen LogP contribution < -0.4 is 4.74 Å². The van der Waals surface area contributed by atoms with Crippen LogP contribution in [0, 0.1) is 5.92 Å². The molecule has 0 aromatic heterocycles. The SMILES string of the molecule is CCOc1cc(CC(C)C)cc(Br)c1O. The van der Waals surface area contributed by atoms with Gasteiger partial charge in [-0.05, 0) is 52.9 Å². The van der Waals surface area contributed by atoms with Gasteiger partial charge in [0.1, 0.15) is 0 Å².